The van der Waals surface area contributed by atoms with E-state index in [9.17, 15) is 30.3 Å². The first-order valence-electron chi connectivity index (χ1n) is 24.2. The molecule has 0 spiro atoms. The average Bonchev–Trinajstić information content (AvgIpc) is 3.28. The van der Waals surface area contributed by atoms with Gasteiger partial charge in [0, 0.05) is 6.42 Å². The minimum atomic E-state index is -1.57. The van der Waals surface area contributed by atoms with Crippen LogP contribution >= 0.6 is 0 Å². The number of aliphatic hydroxyl groups excluding tert-OH is 5. The zero-order chi connectivity index (χ0) is 45.9. The highest BCUT2D eigenvalue weighted by Gasteiger charge is 2.44. The number of rotatable bonds is 38. The zero-order valence-corrected chi connectivity index (χ0v) is 39.0. The molecule has 1 aliphatic heterocycles. The summed E-state index contributed by atoms with van der Waals surface area (Å²) in [4.78, 5) is 12.9. The van der Waals surface area contributed by atoms with Crippen LogP contribution in [0.4, 0.5) is 0 Å². The number of unbranched alkanes of at least 4 members (excludes halogenated alkanes) is 8. The van der Waals surface area contributed by atoms with Gasteiger partial charge >= 0.3 is 0 Å². The van der Waals surface area contributed by atoms with Crippen LogP contribution in [-0.2, 0) is 14.3 Å². The Morgan fingerprint density at radius 3 is 1.43 bits per heavy atom. The first-order chi connectivity index (χ1) is 30.8. The first kappa shape index (κ1) is 57.6. The van der Waals surface area contributed by atoms with Gasteiger partial charge in [-0.1, -0.05) is 180 Å². The molecule has 1 saturated heterocycles. The van der Waals surface area contributed by atoms with E-state index in [4.69, 9.17) is 9.47 Å². The molecule has 0 aromatic heterocycles. The molecule has 0 aromatic carbocycles. The van der Waals surface area contributed by atoms with Crippen molar-refractivity contribution in [3.63, 3.8) is 0 Å². The Balaban J connectivity index is 2.22. The number of nitrogens with one attached hydrogen (secondary N) is 1. The molecule has 9 heteroatoms. The zero-order valence-electron chi connectivity index (χ0n) is 39.0. The predicted octanol–water partition coefficient (Wildman–Crippen LogP) is 10.8. The molecule has 1 fully saturated rings. The fourth-order valence-corrected chi connectivity index (χ4v) is 6.71. The first-order valence-corrected chi connectivity index (χ1v) is 24.2. The molecule has 0 aromatic rings. The third kappa shape index (κ3) is 32.8. The maximum Gasteiger partial charge on any atom is 0.220 e. The molecule has 0 bridgehead atoms. The van der Waals surface area contributed by atoms with E-state index in [-0.39, 0.29) is 12.5 Å². The van der Waals surface area contributed by atoms with Gasteiger partial charge in [0.25, 0.3) is 0 Å². The average molecular weight is 878 g/mol. The topological polar surface area (TPSA) is 149 Å². The number of aliphatic hydroxyl groups is 5. The number of amides is 1. The second-order valence-corrected chi connectivity index (χ2v) is 16.2. The van der Waals surface area contributed by atoms with Gasteiger partial charge in [0.1, 0.15) is 24.4 Å². The van der Waals surface area contributed by atoms with Crippen molar-refractivity contribution >= 4 is 5.91 Å². The number of carbonyl (C=O) groups excluding carboxylic acids is 1. The summed E-state index contributed by atoms with van der Waals surface area (Å²) in [7, 11) is 0. The van der Waals surface area contributed by atoms with Crippen molar-refractivity contribution in [2.45, 2.75) is 198 Å². The lowest BCUT2D eigenvalue weighted by Gasteiger charge is -2.40. The highest BCUT2D eigenvalue weighted by atomic mass is 16.7. The van der Waals surface area contributed by atoms with Crippen molar-refractivity contribution in [2.75, 3.05) is 13.2 Å². The van der Waals surface area contributed by atoms with Crippen molar-refractivity contribution in [2.24, 2.45) is 0 Å². The molecule has 1 aliphatic rings. The lowest BCUT2D eigenvalue weighted by atomic mass is 9.99. The Labute approximate surface area is 382 Å². The molecule has 356 valence electrons. The summed E-state index contributed by atoms with van der Waals surface area (Å²) in [6, 6.07) is -0.748. The van der Waals surface area contributed by atoms with Gasteiger partial charge in [-0.2, -0.15) is 0 Å². The second kappa shape index (κ2) is 42.5. The Hall–Kier alpha value is -3.41. The van der Waals surface area contributed by atoms with Crippen LogP contribution in [0.2, 0.25) is 0 Å². The van der Waals surface area contributed by atoms with E-state index in [0.29, 0.717) is 19.3 Å². The smallest absolute Gasteiger partial charge is 0.220 e. The molecule has 0 aliphatic carbocycles. The Bertz CT molecular complexity index is 1390. The molecule has 9 nitrogen and oxygen atoms in total. The normalized spacial score (nSPS) is 21.3. The van der Waals surface area contributed by atoms with E-state index in [1.54, 1.807) is 0 Å². The summed E-state index contributed by atoms with van der Waals surface area (Å²) in [6.07, 6.45) is 56.7. The summed E-state index contributed by atoms with van der Waals surface area (Å²) in [5.74, 6) is -0.198. The quantitative estimate of drug-likeness (QED) is 0.0265. The predicted molar refractivity (Wildman–Crippen MR) is 262 cm³/mol. The van der Waals surface area contributed by atoms with E-state index in [0.717, 1.165) is 96.3 Å². The lowest BCUT2D eigenvalue weighted by molar-refractivity contribution is -0.302. The summed E-state index contributed by atoms with van der Waals surface area (Å²) in [5.41, 5.74) is 0. The summed E-state index contributed by atoms with van der Waals surface area (Å²) >= 11 is 0. The van der Waals surface area contributed by atoms with Gasteiger partial charge in [0.2, 0.25) is 5.91 Å². The van der Waals surface area contributed by atoms with Gasteiger partial charge in [-0.05, 0) is 89.9 Å². The van der Waals surface area contributed by atoms with Gasteiger partial charge in [-0.3, -0.25) is 4.79 Å². The number of carbonyl (C=O) groups is 1. The number of hydrogen-bond acceptors (Lipinski definition) is 8. The van der Waals surface area contributed by atoms with Crippen LogP contribution in [-0.4, -0.2) is 87.5 Å². The van der Waals surface area contributed by atoms with E-state index in [1.165, 1.54) is 25.7 Å². The minimum absolute atomic E-state index is 0.166. The van der Waals surface area contributed by atoms with Crippen molar-refractivity contribution in [1.82, 2.24) is 5.32 Å². The van der Waals surface area contributed by atoms with Gasteiger partial charge < -0.3 is 40.3 Å². The molecule has 1 heterocycles. The minimum Gasteiger partial charge on any atom is -0.394 e. The molecule has 0 radical (unpaired) electrons. The Kier molecular flexibility index (Phi) is 38.9. The standard InChI is InChI=1S/C54H87NO8/c1-3-5-7-9-11-12-13-14-15-16-17-18-19-20-21-22-23-24-25-26-27-28-29-30-31-32-33-34-35-36-38-40-42-44-50(58)55-47(48(57)43-41-39-37-10-8-6-4-2)46-62-54-53(61)52(60)51(59)49(45-56)63-54/h5,7,11-12,14-15,17-18,20-21,23-24,26-27,29-30,32-33,35-36,47-49,51-54,56-57,59-61H,3-4,6,8-10,13,16,19,22,25,28,31,34,37-46H2,1-2H3,(H,55,58)/b7-5-,12-11-,15-14-,18-17-,21-20-,24-23-,27-26-,30-29-,33-32-,36-35-. The molecule has 1 rings (SSSR count). The molecule has 1 amide bonds. The van der Waals surface area contributed by atoms with Gasteiger partial charge in [-0.25, -0.2) is 0 Å². The van der Waals surface area contributed by atoms with E-state index < -0.39 is 49.5 Å². The third-order valence-corrected chi connectivity index (χ3v) is 10.6. The Morgan fingerprint density at radius 2 is 0.984 bits per heavy atom. The van der Waals surface area contributed by atoms with Gasteiger partial charge in [-0.15, -0.1) is 0 Å². The van der Waals surface area contributed by atoms with Crippen LogP contribution in [0.15, 0.2) is 122 Å². The molecular formula is C54H87NO8. The highest BCUT2D eigenvalue weighted by molar-refractivity contribution is 5.76. The highest BCUT2D eigenvalue weighted by Crippen LogP contribution is 2.23. The SMILES string of the molecule is CC/C=C\C/C=C\C/C=C\C/C=C\C/C=C\C/C=C\C/C=C\C/C=C\C/C=C\C/C=C\CCCCC(=O)NC(COC1OC(CO)C(O)C(O)C1O)C(O)CCCCCCCCC. The van der Waals surface area contributed by atoms with Crippen LogP contribution in [0.5, 0.6) is 0 Å². The summed E-state index contributed by atoms with van der Waals surface area (Å²) in [6.45, 7) is 3.61. The maximum atomic E-state index is 12.9. The number of hydrogen-bond donors (Lipinski definition) is 6. The molecule has 0 saturated carbocycles. The third-order valence-electron chi connectivity index (χ3n) is 10.6. The van der Waals surface area contributed by atoms with E-state index >= 15 is 0 Å². The van der Waals surface area contributed by atoms with Crippen LogP contribution in [0.1, 0.15) is 155 Å². The van der Waals surface area contributed by atoms with Crippen molar-refractivity contribution in [1.29, 1.82) is 0 Å². The summed E-state index contributed by atoms with van der Waals surface area (Å²) < 4.78 is 11.2. The fraction of sp³-hybridized carbons (Fsp3) is 0.611. The van der Waals surface area contributed by atoms with Crippen LogP contribution in [0.3, 0.4) is 0 Å². The molecule has 7 unspecified atom stereocenters. The lowest BCUT2D eigenvalue weighted by Crippen LogP contribution is -2.60. The van der Waals surface area contributed by atoms with Crippen LogP contribution in [0.25, 0.3) is 0 Å². The van der Waals surface area contributed by atoms with Gasteiger partial charge in [0.05, 0.1) is 25.4 Å². The van der Waals surface area contributed by atoms with Crippen LogP contribution < -0.4 is 5.32 Å². The largest absolute Gasteiger partial charge is 0.394 e. The van der Waals surface area contributed by atoms with E-state index in [2.05, 4.69) is 141 Å². The fourth-order valence-electron chi connectivity index (χ4n) is 6.71. The number of ether oxygens (including phenoxy) is 2. The van der Waals surface area contributed by atoms with Crippen molar-refractivity contribution in [3.8, 4) is 0 Å². The molecular weight excluding hydrogens is 791 g/mol. The maximum absolute atomic E-state index is 12.9. The summed E-state index contributed by atoms with van der Waals surface area (Å²) in [5, 5.41) is 54.0. The van der Waals surface area contributed by atoms with Crippen molar-refractivity contribution in [3.05, 3.63) is 122 Å². The molecule has 7 atom stereocenters. The molecule has 6 N–H and O–H groups in total. The Morgan fingerprint density at radius 1 is 0.556 bits per heavy atom. The monoisotopic (exact) mass is 878 g/mol. The van der Waals surface area contributed by atoms with E-state index in [1.807, 2.05) is 0 Å². The van der Waals surface area contributed by atoms with Crippen molar-refractivity contribution < 1.29 is 39.8 Å². The van der Waals surface area contributed by atoms with Crippen LogP contribution in [0, 0.1) is 0 Å². The second-order valence-electron chi connectivity index (χ2n) is 16.2. The number of allylic oxidation sites excluding steroid dienone is 20. The molecule has 63 heavy (non-hydrogen) atoms. The van der Waals surface area contributed by atoms with Gasteiger partial charge in [0.15, 0.2) is 6.29 Å².